The van der Waals surface area contributed by atoms with Crippen molar-refractivity contribution >= 4 is 11.7 Å². The van der Waals surface area contributed by atoms with E-state index in [1.165, 1.54) is 0 Å². The van der Waals surface area contributed by atoms with Crippen LogP contribution in [0.2, 0.25) is 0 Å². The smallest absolute Gasteiger partial charge is 0.381 e. The highest BCUT2D eigenvalue weighted by molar-refractivity contribution is 5.74. The van der Waals surface area contributed by atoms with E-state index in [0.717, 1.165) is 18.5 Å². The third-order valence-electron chi connectivity index (χ3n) is 3.64. The van der Waals surface area contributed by atoms with Crippen molar-refractivity contribution in [3.8, 4) is 0 Å². The number of benzene rings is 1. The zero-order valence-electron chi connectivity index (χ0n) is 13.3. The molecular weight excluding hydrogens is 323 g/mol. The molecule has 1 aliphatic heterocycles. The van der Waals surface area contributed by atoms with Crippen molar-refractivity contribution in [1.29, 1.82) is 0 Å². The van der Waals surface area contributed by atoms with Gasteiger partial charge in [-0.05, 0) is 25.0 Å². The SMILES string of the molecule is O=C(NCCOCC(F)(F)F)N1CCCC(Nc2ccccc2)C1. The van der Waals surface area contributed by atoms with Gasteiger partial charge in [0, 0.05) is 31.4 Å². The van der Waals surface area contributed by atoms with Crippen LogP contribution in [-0.2, 0) is 4.74 Å². The van der Waals surface area contributed by atoms with E-state index in [1.54, 1.807) is 4.90 Å². The van der Waals surface area contributed by atoms with E-state index in [2.05, 4.69) is 15.4 Å². The van der Waals surface area contributed by atoms with E-state index in [9.17, 15) is 18.0 Å². The minimum Gasteiger partial charge on any atom is -0.381 e. The van der Waals surface area contributed by atoms with Crippen molar-refractivity contribution in [2.45, 2.75) is 25.1 Å². The van der Waals surface area contributed by atoms with Crippen LogP contribution in [0.5, 0.6) is 0 Å². The van der Waals surface area contributed by atoms with Crippen LogP contribution in [-0.4, -0.2) is 56.0 Å². The van der Waals surface area contributed by atoms with E-state index < -0.39 is 12.8 Å². The van der Waals surface area contributed by atoms with Gasteiger partial charge in [-0.15, -0.1) is 0 Å². The fourth-order valence-corrected chi connectivity index (χ4v) is 2.58. The summed E-state index contributed by atoms with van der Waals surface area (Å²) >= 11 is 0. The van der Waals surface area contributed by atoms with Gasteiger partial charge >= 0.3 is 12.2 Å². The van der Waals surface area contributed by atoms with Crippen LogP contribution in [0.25, 0.3) is 0 Å². The molecule has 1 heterocycles. The molecule has 0 bridgehead atoms. The molecule has 8 heteroatoms. The Morgan fingerprint density at radius 2 is 2.04 bits per heavy atom. The number of ether oxygens (including phenoxy) is 1. The van der Waals surface area contributed by atoms with Gasteiger partial charge in [-0.25, -0.2) is 4.79 Å². The predicted octanol–water partition coefficient (Wildman–Crippen LogP) is 2.85. The van der Waals surface area contributed by atoms with E-state index in [4.69, 9.17) is 0 Å². The Hall–Kier alpha value is -1.96. The Morgan fingerprint density at radius 1 is 1.29 bits per heavy atom. The first kappa shape index (κ1) is 18.4. The standard InChI is InChI=1S/C16H22F3N3O2/c17-16(18,19)12-24-10-8-20-15(23)22-9-4-7-14(11-22)21-13-5-2-1-3-6-13/h1-3,5-6,14,21H,4,7-12H2,(H,20,23). The Bertz CT molecular complexity index is 511. The Kier molecular flexibility index (Phi) is 6.72. The zero-order valence-corrected chi connectivity index (χ0v) is 13.3. The first-order chi connectivity index (χ1) is 11.4. The number of carbonyl (C=O) groups is 1. The Labute approximate surface area is 139 Å². The number of rotatable bonds is 6. The molecule has 1 fully saturated rings. The molecule has 1 atom stereocenters. The van der Waals surface area contributed by atoms with Crippen molar-refractivity contribution < 1.29 is 22.7 Å². The van der Waals surface area contributed by atoms with Gasteiger partial charge in [-0.1, -0.05) is 18.2 Å². The molecule has 2 amide bonds. The molecule has 1 aliphatic rings. The van der Waals surface area contributed by atoms with Crippen LogP contribution < -0.4 is 10.6 Å². The van der Waals surface area contributed by atoms with Crippen LogP contribution in [0.4, 0.5) is 23.7 Å². The quantitative estimate of drug-likeness (QED) is 0.780. The number of alkyl halides is 3. The van der Waals surface area contributed by atoms with Crippen molar-refractivity contribution in [2.24, 2.45) is 0 Å². The number of carbonyl (C=O) groups excluding carboxylic acids is 1. The summed E-state index contributed by atoms with van der Waals surface area (Å²) in [5.74, 6) is 0. The fourth-order valence-electron chi connectivity index (χ4n) is 2.58. The minimum atomic E-state index is -4.34. The van der Waals surface area contributed by atoms with E-state index in [1.807, 2.05) is 30.3 Å². The van der Waals surface area contributed by atoms with Gasteiger partial charge in [-0.3, -0.25) is 0 Å². The predicted molar refractivity (Wildman–Crippen MR) is 84.9 cm³/mol. The molecule has 1 unspecified atom stereocenters. The lowest BCUT2D eigenvalue weighted by Crippen LogP contribution is -2.49. The van der Waals surface area contributed by atoms with Crippen LogP contribution in [0.1, 0.15) is 12.8 Å². The number of halogens is 3. The van der Waals surface area contributed by atoms with Gasteiger partial charge in [0.2, 0.25) is 0 Å². The number of hydrogen-bond donors (Lipinski definition) is 2. The number of nitrogens with zero attached hydrogens (tertiary/aromatic N) is 1. The van der Waals surface area contributed by atoms with Crippen LogP contribution >= 0.6 is 0 Å². The average molecular weight is 345 g/mol. The number of anilines is 1. The second-order valence-corrected chi connectivity index (χ2v) is 5.70. The molecule has 1 aromatic rings. The molecule has 5 nitrogen and oxygen atoms in total. The molecule has 0 aromatic heterocycles. The largest absolute Gasteiger partial charge is 0.411 e. The fraction of sp³-hybridized carbons (Fsp3) is 0.562. The van der Waals surface area contributed by atoms with Crippen molar-refractivity contribution in [2.75, 3.05) is 38.2 Å². The second kappa shape index (κ2) is 8.77. The van der Waals surface area contributed by atoms with Crippen LogP contribution in [0, 0.1) is 0 Å². The lowest BCUT2D eigenvalue weighted by molar-refractivity contribution is -0.173. The van der Waals surface area contributed by atoms with Crippen molar-refractivity contribution in [1.82, 2.24) is 10.2 Å². The number of piperidine rings is 1. The molecule has 1 saturated heterocycles. The minimum absolute atomic E-state index is 0.0577. The maximum absolute atomic E-state index is 12.1. The molecule has 0 radical (unpaired) electrons. The number of nitrogens with one attached hydrogen (secondary N) is 2. The average Bonchev–Trinajstić information content (AvgIpc) is 2.54. The lowest BCUT2D eigenvalue weighted by Gasteiger charge is -2.33. The third-order valence-corrected chi connectivity index (χ3v) is 3.64. The number of likely N-dealkylation sites (tertiary alicyclic amines) is 1. The van der Waals surface area contributed by atoms with Gasteiger partial charge < -0.3 is 20.3 Å². The summed E-state index contributed by atoms with van der Waals surface area (Å²) in [6.45, 7) is -0.199. The summed E-state index contributed by atoms with van der Waals surface area (Å²) in [4.78, 5) is 13.7. The third kappa shape index (κ3) is 6.66. The van der Waals surface area contributed by atoms with Crippen molar-refractivity contribution in [3.63, 3.8) is 0 Å². The summed E-state index contributed by atoms with van der Waals surface area (Å²) < 4.78 is 40.2. The summed E-state index contributed by atoms with van der Waals surface area (Å²) in [5, 5.41) is 5.98. The highest BCUT2D eigenvalue weighted by atomic mass is 19.4. The van der Waals surface area contributed by atoms with E-state index >= 15 is 0 Å². The first-order valence-corrected chi connectivity index (χ1v) is 7.93. The Balaban J connectivity index is 1.68. The number of amides is 2. The highest BCUT2D eigenvalue weighted by Crippen LogP contribution is 2.16. The number of hydrogen-bond acceptors (Lipinski definition) is 3. The molecule has 1 aromatic carbocycles. The Morgan fingerprint density at radius 3 is 2.75 bits per heavy atom. The number of urea groups is 1. The van der Waals surface area contributed by atoms with Crippen molar-refractivity contribution in [3.05, 3.63) is 30.3 Å². The summed E-state index contributed by atoms with van der Waals surface area (Å²) in [5.41, 5.74) is 1.00. The molecule has 2 N–H and O–H groups in total. The van der Waals surface area contributed by atoms with Crippen LogP contribution in [0.15, 0.2) is 30.3 Å². The lowest BCUT2D eigenvalue weighted by atomic mass is 10.1. The maximum Gasteiger partial charge on any atom is 0.411 e. The molecule has 2 rings (SSSR count). The molecule has 0 spiro atoms. The first-order valence-electron chi connectivity index (χ1n) is 7.93. The zero-order chi connectivity index (χ0) is 17.4. The van der Waals surface area contributed by atoms with Gasteiger partial charge in [0.05, 0.1) is 6.61 Å². The van der Waals surface area contributed by atoms with E-state index in [-0.39, 0.29) is 25.2 Å². The molecule has 0 saturated carbocycles. The van der Waals surface area contributed by atoms with Gasteiger partial charge in [0.15, 0.2) is 0 Å². The van der Waals surface area contributed by atoms with Gasteiger partial charge in [0.25, 0.3) is 0 Å². The van der Waals surface area contributed by atoms with E-state index in [0.29, 0.717) is 13.1 Å². The van der Waals surface area contributed by atoms with Gasteiger partial charge in [0.1, 0.15) is 6.61 Å². The summed E-state index contributed by atoms with van der Waals surface area (Å²) in [6.07, 6.45) is -2.50. The van der Waals surface area contributed by atoms with Gasteiger partial charge in [-0.2, -0.15) is 13.2 Å². The normalized spacial score (nSPS) is 18.3. The molecule has 24 heavy (non-hydrogen) atoms. The highest BCUT2D eigenvalue weighted by Gasteiger charge is 2.27. The molecule has 134 valence electrons. The van der Waals surface area contributed by atoms with Crippen LogP contribution in [0.3, 0.4) is 0 Å². The molecular formula is C16H22F3N3O2. The topological polar surface area (TPSA) is 53.6 Å². The second-order valence-electron chi connectivity index (χ2n) is 5.70. The monoisotopic (exact) mass is 345 g/mol. The summed E-state index contributed by atoms with van der Waals surface area (Å²) in [7, 11) is 0. The maximum atomic E-state index is 12.1. The number of para-hydroxylation sites is 1. The summed E-state index contributed by atoms with van der Waals surface area (Å²) in [6, 6.07) is 9.65. The molecule has 0 aliphatic carbocycles.